The van der Waals surface area contributed by atoms with Crippen LogP contribution in [0, 0.1) is 11.7 Å². The van der Waals surface area contributed by atoms with Gasteiger partial charge in [0.05, 0.1) is 26.0 Å². The van der Waals surface area contributed by atoms with Crippen LogP contribution in [0.2, 0.25) is 0 Å². The molecule has 28 heavy (non-hydrogen) atoms. The summed E-state index contributed by atoms with van der Waals surface area (Å²) in [7, 11) is 2.85. The largest absolute Gasteiger partial charge is 0.497 e. The van der Waals surface area contributed by atoms with Gasteiger partial charge in [-0.2, -0.15) is 0 Å². The lowest BCUT2D eigenvalue weighted by Crippen LogP contribution is -2.51. The van der Waals surface area contributed by atoms with E-state index in [1.54, 1.807) is 37.6 Å². The Morgan fingerprint density at radius 3 is 2.39 bits per heavy atom. The number of anilines is 1. The van der Waals surface area contributed by atoms with Crippen molar-refractivity contribution in [1.29, 1.82) is 0 Å². The van der Waals surface area contributed by atoms with Crippen molar-refractivity contribution in [2.24, 2.45) is 5.92 Å². The third-order valence-corrected chi connectivity index (χ3v) is 4.38. The van der Waals surface area contributed by atoms with Crippen molar-refractivity contribution in [1.82, 2.24) is 10.6 Å². The molecule has 1 heterocycles. The van der Waals surface area contributed by atoms with Crippen LogP contribution >= 0.6 is 0 Å². The molecule has 2 amide bonds. The maximum Gasteiger partial charge on any atom is 0.319 e. The second-order valence-electron chi connectivity index (χ2n) is 6.10. The molecule has 1 saturated heterocycles. The third kappa shape index (κ3) is 4.22. The lowest BCUT2D eigenvalue weighted by Gasteiger charge is -2.33. The number of amides is 2. The molecule has 2 aromatic carbocycles. The molecule has 3 N–H and O–H groups in total. The van der Waals surface area contributed by atoms with Crippen LogP contribution in [-0.4, -0.2) is 26.2 Å². The van der Waals surface area contributed by atoms with E-state index in [1.165, 1.54) is 31.4 Å². The second-order valence-corrected chi connectivity index (χ2v) is 6.10. The fraction of sp³-hybridized carbons (Fsp3) is 0.200. The van der Waals surface area contributed by atoms with E-state index in [0.29, 0.717) is 17.0 Å². The summed E-state index contributed by atoms with van der Waals surface area (Å²) in [6, 6.07) is 11.6. The minimum absolute atomic E-state index is 0.334. The highest BCUT2D eigenvalue weighted by Crippen LogP contribution is 2.31. The fourth-order valence-electron chi connectivity index (χ4n) is 2.96. The first-order valence-electron chi connectivity index (χ1n) is 8.53. The molecule has 0 saturated carbocycles. The van der Waals surface area contributed by atoms with Gasteiger partial charge in [-0.1, -0.05) is 12.1 Å². The van der Waals surface area contributed by atoms with Crippen LogP contribution in [-0.2, 0) is 9.53 Å². The zero-order valence-electron chi connectivity index (χ0n) is 15.4. The van der Waals surface area contributed by atoms with E-state index in [2.05, 4.69) is 16.0 Å². The molecule has 0 radical (unpaired) electrons. The maximum absolute atomic E-state index is 13.3. The summed E-state index contributed by atoms with van der Waals surface area (Å²) in [6.07, 6.45) is 1.54. The van der Waals surface area contributed by atoms with E-state index in [-0.39, 0.29) is 0 Å². The Hall–Kier alpha value is -3.55. The number of ether oxygens (including phenoxy) is 2. The Morgan fingerprint density at radius 1 is 1.11 bits per heavy atom. The normalized spacial score (nSPS) is 20.1. The molecular formula is C20H20FN3O4. The van der Waals surface area contributed by atoms with E-state index < -0.39 is 29.8 Å². The zero-order chi connectivity index (χ0) is 20.1. The summed E-state index contributed by atoms with van der Waals surface area (Å²) in [5, 5.41) is 8.39. The van der Waals surface area contributed by atoms with Crippen LogP contribution in [0.1, 0.15) is 11.6 Å². The first-order chi connectivity index (χ1) is 13.5. The Labute approximate surface area is 161 Å². The number of rotatable bonds is 5. The van der Waals surface area contributed by atoms with Gasteiger partial charge in [0, 0.05) is 11.9 Å². The van der Waals surface area contributed by atoms with Gasteiger partial charge in [-0.15, -0.1) is 0 Å². The van der Waals surface area contributed by atoms with Gasteiger partial charge < -0.3 is 25.4 Å². The number of halogens is 1. The molecule has 1 aliphatic rings. The van der Waals surface area contributed by atoms with Crippen molar-refractivity contribution in [2.75, 3.05) is 19.5 Å². The molecule has 0 spiro atoms. The molecule has 2 atom stereocenters. The van der Waals surface area contributed by atoms with E-state index in [4.69, 9.17) is 9.47 Å². The molecule has 8 heteroatoms. The molecule has 0 bridgehead atoms. The van der Waals surface area contributed by atoms with Crippen LogP contribution in [0.25, 0.3) is 0 Å². The number of hydrogen-bond donors (Lipinski definition) is 3. The van der Waals surface area contributed by atoms with Gasteiger partial charge in [-0.3, -0.25) is 4.79 Å². The van der Waals surface area contributed by atoms with E-state index in [9.17, 15) is 14.0 Å². The molecule has 1 fully saturated rings. The Balaban J connectivity index is 1.91. The summed E-state index contributed by atoms with van der Waals surface area (Å²) >= 11 is 0. The highest BCUT2D eigenvalue weighted by Gasteiger charge is 2.39. The molecule has 2 aromatic rings. The smallest absolute Gasteiger partial charge is 0.319 e. The molecule has 1 aliphatic heterocycles. The van der Waals surface area contributed by atoms with Crippen LogP contribution in [0.15, 0.2) is 60.4 Å². The number of urea groups is 1. The van der Waals surface area contributed by atoms with E-state index in [1.807, 2.05) is 0 Å². The van der Waals surface area contributed by atoms with Gasteiger partial charge in [-0.25, -0.2) is 9.18 Å². The predicted molar refractivity (Wildman–Crippen MR) is 101 cm³/mol. The quantitative estimate of drug-likeness (QED) is 0.689. The van der Waals surface area contributed by atoms with E-state index in [0.717, 1.165) is 5.69 Å². The monoisotopic (exact) mass is 385 g/mol. The summed E-state index contributed by atoms with van der Waals surface area (Å²) < 4.78 is 23.3. The molecule has 146 valence electrons. The fourth-order valence-corrected chi connectivity index (χ4v) is 2.96. The molecule has 7 nitrogen and oxygen atoms in total. The van der Waals surface area contributed by atoms with Crippen molar-refractivity contribution in [3.8, 4) is 5.75 Å². The lowest BCUT2D eigenvalue weighted by atomic mass is 9.88. The van der Waals surface area contributed by atoms with Gasteiger partial charge in [0.15, 0.2) is 0 Å². The summed E-state index contributed by atoms with van der Waals surface area (Å²) in [6.45, 7) is 0. The molecule has 0 unspecified atom stereocenters. The lowest BCUT2D eigenvalue weighted by molar-refractivity contribution is -0.145. The average Bonchev–Trinajstić information content (AvgIpc) is 2.72. The number of carbonyl (C=O) groups is 2. The van der Waals surface area contributed by atoms with Crippen LogP contribution in [0.4, 0.5) is 14.9 Å². The number of esters is 1. The topological polar surface area (TPSA) is 88.7 Å². The highest BCUT2D eigenvalue weighted by atomic mass is 19.1. The number of methoxy groups -OCH3 is 2. The van der Waals surface area contributed by atoms with Crippen molar-refractivity contribution in [2.45, 2.75) is 6.04 Å². The van der Waals surface area contributed by atoms with Gasteiger partial charge in [0.2, 0.25) is 0 Å². The SMILES string of the molecule is COC(=O)[C@@H]1/C(=C\Nc2ccc(OC)cc2)NC(=O)N[C@H]1c1ccc(F)cc1. The summed E-state index contributed by atoms with van der Waals surface area (Å²) in [4.78, 5) is 24.6. The average molecular weight is 385 g/mol. The Kier molecular flexibility index (Phi) is 5.78. The maximum atomic E-state index is 13.3. The van der Waals surface area contributed by atoms with Gasteiger partial charge in [-0.05, 0) is 42.0 Å². The highest BCUT2D eigenvalue weighted by molar-refractivity contribution is 5.85. The first kappa shape index (κ1) is 19.2. The Bertz CT molecular complexity index is 881. The Morgan fingerprint density at radius 2 is 1.79 bits per heavy atom. The predicted octanol–water partition coefficient (Wildman–Crippen LogP) is 2.93. The minimum Gasteiger partial charge on any atom is -0.497 e. The number of benzene rings is 2. The van der Waals surface area contributed by atoms with Crippen LogP contribution in [0.3, 0.4) is 0 Å². The van der Waals surface area contributed by atoms with Crippen molar-refractivity contribution < 1.29 is 23.5 Å². The summed E-state index contributed by atoms with van der Waals surface area (Å²) in [5.74, 6) is -1.07. The molecule has 0 aromatic heterocycles. The second kappa shape index (κ2) is 8.43. The van der Waals surface area contributed by atoms with Gasteiger partial charge in [0.1, 0.15) is 17.5 Å². The van der Waals surface area contributed by atoms with E-state index >= 15 is 0 Å². The third-order valence-electron chi connectivity index (χ3n) is 4.38. The molecular weight excluding hydrogens is 365 g/mol. The van der Waals surface area contributed by atoms with Crippen molar-refractivity contribution >= 4 is 17.7 Å². The van der Waals surface area contributed by atoms with Crippen LogP contribution in [0.5, 0.6) is 5.75 Å². The molecule has 3 rings (SSSR count). The van der Waals surface area contributed by atoms with Gasteiger partial charge in [0.25, 0.3) is 0 Å². The van der Waals surface area contributed by atoms with Crippen LogP contribution < -0.4 is 20.7 Å². The summed E-state index contributed by atoms with van der Waals surface area (Å²) in [5.41, 5.74) is 1.66. The number of carbonyl (C=O) groups excluding carboxylic acids is 2. The zero-order valence-corrected chi connectivity index (χ0v) is 15.4. The van der Waals surface area contributed by atoms with Crippen molar-refractivity contribution in [3.63, 3.8) is 0 Å². The minimum atomic E-state index is -0.834. The number of nitrogens with one attached hydrogen (secondary N) is 3. The van der Waals surface area contributed by atoms with Crippen molar-refractivity contribution in [3.05, 3.63) is 71.8 Å². The standard InChI is InChI=1S/C20H20FN3O4/c1-27-15-9-7-14(8-10-15)22-11-16-17(19(25)28-2)18(24-20(26)23-16)12-3-5-13(21)6-4-12/h3-11,17-18,22H,1-2H3,(H2,23,24,26)/b16-11+/t17-,18+/m1/s1. The number of hydrogen-bond acceptors (Lipinski definition) is 5. The van der Waals surface area contributed by atoms with Gasteiger partial charge >= 0.3 is 12.0 Å². The molecule has 0 aliphatic carbocycles. The first-order valence-corrected chi connectivity index (χ1v) is 8.53.